The van der Waals surface area contributed by atoms with Gasteiger partial charge in [-0.1, -0.05) is 170 Å². The molecule has 0 spiro atoms. The zero-order valence-corrected chi connectivity index (χ0v) is 29.6. The fourth-order valence-electron chi connectivity index (χ4n) is 7.81. The van der Waals surface area contributed by atoms with Gasteiger partial charge in [0.2, 0.25) is 0 Å². The van der Waals surface area contributed by atoms with Crippen LogP contribution in [0.2, 0.25) is 0 Å². The Balaban J connectivity index is 1.18. The lowest BCUT2D eigenvalue weighted by Gasteiger charge is -2.29. The van der Waals surface area contributed by atoms with E-state index in [4.69, 9.17) is 4.42 Å². The van der Waals surface area contributed by atoms with E-state index in [1.165, 1.54) is 33.4 Å². The lowest BCUT2D eigenvalue weighted by Crippen LogP contribution is -2.11. The van der Waals surface area contributed by atoms with Gasteiger partial charge in [-0.25, -0.2) is 0 Å². The summed E-state index contributed by atoms with van der Waals surface area (Å²) in [6.45, 7) is 0. The monoisotopic (exact) mass is 689 g/mol. The van der Waals surface area contributed by atoms with Crippen molar-refractivity contribution in [2.75, 3.05) is 4.90 Å². The molecule has 9 aromatic carbocycles. The van der Waals surface area contributed by atoms with E-state index in [1.807, 2.05) is 0 Å². The van der Waals surface area contributed by atoms with E-state index in [-0.39, 0.29) is 0 Å². The first-order chi connectivity index (χ1) is 26.8. The first kappa shape index (κ1) is 31.6. The van der Waals surface area contributed by atoms with Crippen molar-refractivity contribution in [2.24, 2.45) is 0 Å². The van der Waals surface area contributed by atoms with Crippen LogP contribution in [0.4, 0.5) is 17.1 Å². The molecule has 254 valence electrons. The molecule has 1 aromatic heterocycles. The van der Waals surface area contributed by atoms with E-state index in [0.29, 0.717) is 0 Å². The molecule has 0 atom stereocenters. The van der Waals surface area contributed by atoms with Gasteiger partial charge in [0.25, 0.3) is 0 Å². The van der Waals surface area contributed by atoms with Crippen LogP contribution in [0.15, 0.2) is 217 Å². The van der Waals surface area contributed by atoms with Gasteiger partial charge in [0, 0.05) is 22.0 Å². The van der Waals surface area contributed by atoms with Gasteiger partial charge < -0.3 is 9.32 Å². The molecule has 0 N–H and O–H groups in total. The van der Waals surface area contributed by atoms with E-state index in [1.54, 1.807) is 0 Å². The van der Waals surface area contributed by atoms with Crippen LogP contribution >= 0.6 is 0 Å². The number of fused-ring (bicyclic) bond motifs is 5. The first-order valence-corrected chi connectivity index (χ1v) is 18.4. The summed E-state index contributed by atoms with van der Waals surface area (Å²) in [4.78, 5) is 2.41. The third-order valence-corrected chi connectivity index (χ3v) is 10.5. The van der Waals surface area contributed by atoms with Crippen LogP contribution < -0.4 is 4.90 Å². The zero-order valence-electron chi connectivity index (χ0n) is 29.6. The molecule has 0 saturated carbocycles. The molecular weight excluding hydrogens is 655 g/mol. The second-order valence-electron chi connectivity index (χ2n) is 13.7. The SMILES string of the molecule is c1ccc(-c2ccc(-c3ccc(N(c4ccc(-c5ccccc5)cc4-c4ccccc4)c4cccc5oc6c7ccccc7ccc6c45)cc3)cc2)cc1. The molecule has 0 radical (unpaired) electrons. The minimum atomic E-state index is 0.862. The molecule has 0 aliphatic rings. The number of hydrogen-bond acceptors (Lipinski definition) is 2. The first-order valence-electron chi connectivity index (χ1n) is 18.4. The normalized spacial score (nSPS) is 11.3. The number of rotatable bonds is 7. The predicted molar refractivity (Wildman–Crippen MR) is 228 cm³/mol. The van der Waals surface area contributed by atoms with Crippen molar-refractivity contribution in [3.63, 3.8) is 0 Å². The molecule has 0 saturated heterocycles. The molecule has 0 bridgehead atoms. The third kappa shape index (κ3) is 5.62. The second-order valence-corrected chi connectivity index (χ2v) is 13.7. The maximum absolute atomic E-state index is 6.71. The standard InChI is InChI=1S/C52H35NO/c1-4-13-36(14-5-1)38-23-25-39(26-24-38)40-27-31-44(32-28-40)53(48-34-30-43(37-15-6-2-7-16-37)35-47(48)41-17-8-3-9-18-41)49-21-12-22-50-51(49)46-33-29-42-19-10-11-20-45(42)52(46)54-50/h1-35H. The molecule has 0 aliphatic heterocycles. The van der Waals surface area contributed by atoms with Crippen molar-refractivity contribution in [3.8, 4) is 44.5 Å². The maximum Gasteiger partial charge on any atom is 0.143 e. The van der Waals surface area contributed by atoms with Crippen molar-refractivity contribution >= 4 is 49.8 Å². The number of hydrogen-bond donors (Lipinski definition) is 0. The van der Waals surface area contributed by atoms with Crippen molar-refractivity contribution in [1.82, 2.24) is 0 Å². The van der Waals surface area contributed by atoms with E-state index >= 15 is 0 Å². The molecule has 10 aromatic rings. The molecule has 0 fully saturated rings. The summed E-state index contributed by atoms with van der Waals surface area (Å²) in [5.41, 5.74) is 14.4. The predicted octanol–water partition coefficient (Wildman–Crippen LogP) is 14.9. The summed E-state index contributed by atoms with van der Waals surface area (Å²) < 4.78 is 6.71. The Morgan fingerprint density at radius 1 is 0.333 bits per heavy atom. The van der Waals surface area contributed by atoms with E-state index in [9.17, 15) is 0 Å². The molecule has 2 heteroatoms. The van der Waals surface area contributed by atoms with Gasteiger partial charge >= 0.3 is 0 Å². The van der Waals surface area contributed by atoms with Crippen LogP contribution in [0.5, 0.6) is 0 Å². The Morgan fingerprint density at radius 2 is 0.870 bits per heavy atom. The molecule has 2 nitrogen and oxygen atoms in total. The van der Waals surface area contributed by atoms with Crippen molar-refractivity contribution in [1.29, 1.82) is 0 Å². The molecule has 10 rings (SSSR count). The largest absolute Gasteiger partial charge is 0.455 e. The molecule has 1 heterocycles. The Morgan fingerprint density at radius 3 is 1.54 bits per heavy atom. The lowest BCUT2D eigenvalue weighted by atomic mass is 9.95. The van der Waals surface area contributed by atoms with Gasteiger partial charge in [-0.2, -0.15) is 0 Å². The highest BCUT2D eigenvalue weighted by Crippen LogP contribution is 2.47. The van der Waals surface area contributed by atoms with Gasteiger partial charge in [0.1, 0.15) is 11.2 Å². The Bertz CT molecular complexity index is 2890. The van der Waals surface area contributed by atoms with Crippen molar-refractivity contribution in [3.05, 3.63) is 212 Å². The second kappa shape index (κ2) is 13.4. The number of nitrogens with zero attached hydrogens (tertiary/aromatic N) is 1. The number of anilines is 3. The van der Waals surface area contributed by atoms with Crippen LogP contribution in [-0.4, -0.2) is 0 Å². The van der Waals surface area contributed by atoms with E-state index < -0.39 is 0 Å². The van der Waals surface area contributed by atoms with Crippen molar-refractivity contribution < 1.29 is 4.42 Å². The highest BCUT2D eigenvalue weighted by molar-refractivity contribution is 6.19. The zero-order chi connectivity index (χ0) is 35.8. The minimum Gasteiger partial charge on any atom is -0.455 e. The van der Waals surface area contributed by atoms with Gasteiger partial charge in [-0.05, 0) is 86.8 Å². The third-order valence-electron chi connectivity index (χ3n) is 10.5. The van der Waals surface area contributed by atoms with Crippen molar-refractivity contribution in [2.45, 2.75) is 0 Å². The van der Waals surface area contributed by atoms with Crippen LogP contribution in [0.1, 0.15) is 0 Å². The number of benzene rings is 9. The summed E-state index contributed by atoms with van der Waals surface area (Å²) in [5.74, 6) is 0. The fraction of sp³-hybridized carbons (Fsp3) is 0. The van der Waals surface area contributed by atoms with Crippen LogP contribution in [0, 0.1) is 0 Å². The summed E-state index contributed by atoms with van der Waals surface area (Å²) in [6.07, 6.45) is 0. The smallest absolute Gasteiger partial charge is 0.143 e. The van der Waals surface area contributed by atoms with Crippen LogP contribution in [-0.2, 0) is 0 Å². The van der Waals surface area contributed by atoms with Gasteiger partial charge in [0.15, 0.2) is 0 Å². The average molecular weight is 690 g/mol. The quantitative estimate of drug-likeness (QED) is 0.166. The highest BCUT2D eigenvalue weighted by Gasteiger charge is 2.23. The molecular formula is C52H35NO. The molecule has 0 aliphatic carbocycles. The summed E-state index contributed by atoms with van der Waals surface area (Å²) >= 11 is 0. The highest BCUT2D eigenvalue weighted by atomic mass is 16.3. The van der Waals surface area contributed by atoms with Gasteiger partial charge in [0.05, 0.1) is 16.8 Å². The number of furan rings is 1. The lowest BCUT2D eigenvalue weighted by molar-refractivity contribution is 0.672. The maximum atomic E-state index is 6.71. The van der Waals surface area contributed by atoms with Gasteiger partial charge in [-0.3, -0.25) is 0 Å². The topological polar surface area (TPSA) is 16.4 Å². The fourth-order valence-corrected chi connectivity index (χ4v) is 7.81. The molecule has 0 unspecified atom stereocenters. The van der Waals surface area contributed by atoms with Crippen LogP contribution in [0.25, 0.3) is 77.2 Å². The van der Waals surface area contributed by atoms with E-state index in [2.05, 4.69) is 217 Å². The van der Waals surface area contributed by atoms with Gasteiger partial charge in [-0.15, -0.1) is 0 Å². The van der Waals surface area contributed by atoms with Crippen LogP contribution in [0.3, 0.4) is 0 Å². The summed E-state index contributed by atoms with van der Waals surface area (Å²) in [5, 5.41) is 4.47. The molecule has 54 heavy (non-hydrogen) atoms. The summed E-state index contributed by atoms with van der Waals surface area (Å²) in [6, 6.07) is 75.8. The Hall–Kier alpha value is -7.16. The Labute approximate surface area is 314 Å². The average Bonchev–Trinajstić information content (AvgIpc) is 3.65. The van der Waals surface area contributed by atoms with E-state index in [0.717, 1.165) is 60.9 Å². The minimum absolute atomic E-state index is 0.862. The Kier molecular flexibility index (Phi) is 7.85. The molecule has 0 amide bonds. The summed E-state index contributed by atoms with van der Waals surface area (Å²) in [7, 11) is 0.